The minimum absolute atomic E-state index is 0.0814. The van der Waals surface area contributed by atoms with E-state index < -0.39 is 34.2 Å². The fourth-order valence-electron chi connectivity index (χ4n) is 2.51. The number of benzene rings is 2. The highest BCUT2D eigenvalue weighted by molar-refractivity contribution is 7.89. The third-order valence-electron chi connectivity index (χ3n) is 4.09. The van der Waals surface area contributed by atoms with E-state index in [9.17, 15) is 22.0 Å². The van der Waals surface area contributed by atoms with Gasteiger partial charge in [0.25, 0.3) is 0 Å². The number of carbonyl (C=O) groups is 1. The van der Waals surface area contributed by atoms with Gasteiger partial charge in [-0.05, 0) is 60.2 Å². The molecular weight excluding hydrogens is 414 g/mol. The molecule has 7 nitrogen and oxygen atoms in total. The Morgan fingerprint density at radius 1 is 0.933 bits per heavy atom. The molecule has 2 amide bonds. The van der Waals surface area contributed by atoms with Crippen molar-refractivity contribution in [1.82, 2.24) is 15.0 Å². The summed E-state index contributed by atoms with van der Waals surface area (Å²) in [7, 11) is -3.95. The maximum absolute atomic E-state index is 13.6. The Balaban J connectivity index is 1.57. The lowest BCUT2D eigenvalue weighted by Gasteiger charge is -2.10. The van der Waals surface area contributed by atoms with E-state index in [2.05, 4.69) is 20.3 Å². The standard InChI is InChI=1S/C20H18F2N4O3S/c21-16-1-6-19(22)15(11-16)13-25-30(28,29)18-4-2-17(3-5-18)26-20(27)24-12-14-7-9-23-10-8-14/h1-11,25H,12-13H2,(H2,24,26,27). The fraction of sp³-hybridized carbons (Fsp3) is 0.100. The molecular formula is C20H18F2N4O3S. The summed E-state index contributed by atoms with van der Waals surface area (Å²) in [6.45, 7) is -0.0925. The number of halogens is 2. The Kier molecular flexibility index (Phi) is 6.70. The van der Waals surface area contributed by atoms with Gasteiger partial charge in [0, 0.05) is 36.7 Å². The average Bonchev–Trinajstić information content (AvgIpc) is 2.74. The van der Waals surface area contributed by atoms with Gasteiger partial charge in [0.15, 0.2) is 0 Å². The smallest absolute Gasteiger partial charge is 0.319 e. The molecule has 3 aromatic rings. The van der Waals surface area contributed by atoms with Gasteiger partial charge in [-0.3, -0.25) is 4.98 Å². The first-order valence-corrected chi connectivity index (χ1v) is 10.3. The van der Waals surface area contributed by atoms with Gasteiger partial charge >= 0.3 is 6.03 Å². The van der Waals surface area contributed by atoms with E-state index in [4.69, 9.17) is 0 Å². The molecule has 0 spiro atoms. The van der Waals surface area contributed by atoms with Crippen LogP contribution in [0.3, 0.4) is 0 Å². The topological polar surface area (TPSA) is 100 Å². The predicted octanol–water partition coefficient (Wildman–Crippen LogP) is 3.16. The molecule has 2 aromatic carbocycles. The third-order valence-corrected chi connectivity index (χ3v) is 5.50. The first-order valence-electron chi connectivity index (χ1n) is 8.81. The maximum Gasteiger partial charge on any atom is 0.319 e. The van der Waals surface area contributed by atoms with Crippen molar-refractivity contribution >= 4 is 21.7 Å². The Morgan fingerprint density at radius 3 is 2.33 bits per heavy atom. The van der Waals surface area contributed by atoms with Crippen LogP contribution in [-0.4, -0.2) is 19.4 Å². The molecule has 0 unspecified atom stereocenters. The van der Waals surface area contributed by atoms with E-state index in [0.717, 1.165) is 23.8 Å². The van der Waals surface area contributed by atoms with Crippen LogP contribution in [0.2, 0.25) is 0 Å². The van der Waals surface area contributed by atoms with Crippen LogP contribution >= 0.6 is 0 Å². The number of pyridine rings is 1. The van der Waals surface area contributed by atoms with Crippen LogP contribution in [0.25, 0.3) is 0 Å². The molecule has 0 fully saturated rings. The van der Waals surface area contributed by atoms with Gasteiger partial charge in [0.05, 0.1) is 4.90 Å². The van der Waals surface area contributed by atoms with Crippen LogP contribution in [0.5, 0.6) is 0 Å². The lowest BCUT2D eigenvalue weighted by atomic mass is 10.2. The van der Waals surface area contributed by atoms with Crippen molar-refractivity contribution in [2.45, 2.75) is 18.0 Å². The maximum atomic E-state index is 13.6. The molecule has 3 rings (SSSR count). The quantitative estimate of drug-likeness (QED) is 0.534. The predicted molar refractivity (Wildman–Crippen MR) is 107 cm³/mol. The van der Waals surface area contributed by atoms with E-state index in [1.54, 1.807) is 24.5 Å². The Hall–Kier alpha value is -3.37. The minimum Gasteiger partial charge on any atom is -0.334 e. The van der Waals surface area contributed by atoms with Gasteiger partial charge in [0.1, 0.15) is 11.6 Å². The number of sulfonamides is 1. The van der Waals surface area contributed by atoms with Gasteiger partial charge in [-0.15, -0.1) is 0 Å². The van der Waals surface area contributed by atoms with Gasteiger partial charge in [-0.1, -0.05) is 0 Å². The van der Waals surface area contributed by atoms with E-state index in [1.165, 1.54) is 24.3 Å². The van der Waals surface area contributed by atoms with Gasteiger partial charge in [-0.2, -0.15) is 0 Å². The number of nitrogens with one attached hydrogen (secondary N) is 3. The van der Waals surface area contributed by atoms with Crippen LogP contribution in [0.1, 0.15) is 11.1 Å². The zero-order valence-corrected chi connectivity index (χ0v) is 16.4. The summed E-state index contributed by atoms with van der Waals surface area (Å²) in [4.78, 5) is 15.8. The Bertz CT molecular complexity index is 1120. The van der Waals surface area contributed by atoms with Crippen LogP contribution in [0, 0.1) is 11.6 Å². The molecule has 0 aliphatic carbocycles. The van der Waals surface area contributed by atoms with Crippen molar-refractivity contribution in [2.24, 2.45) is 0 Å². The number of carbonyl (C=O) groups excluding carboxylic acids is 1. The number of rotatable bonds is 7. The lowest BCUT2D eigenvalue weighted by molar-refractivity contribution is 0.251. The summed E-state index contributed by atoms with van der Waals surface area (Å²) in [6.07, 6.45) is 3.23. The number of anilines is 1. The molecule has 0 saturated heterocycles. The van der Waals surface area contributed by atoms with Crippen molar-refractivity contribution in [3.63, 3.8) is 0 Å². The third kappa shape index (κ3) is 5.82. The number of nitrogens with zero attached hydrogens (tertiary/aromatic N) is 1. The Labute approximate surface area is 172 Å². The molecule has 10 heteroatoms. The molecule has 1 heterocycles. The normalized spacial score (nSPS) is 11.1. The number of amides is 2. The second-order valence-corrected chi connectivity index (χ2v) is 8.01. The van der Waals surface area contributed by atoms with Crippen molar-refractivity contribution in [3.05, 3.63) is 89.8 Å². The van der Waals surface area contributed by atoms with Crippen LogP contribution in [0.4, 0.5) is 19.3 Å². The first kappa shape index (κ1) is 21.3. The highest BCUT2D eigenvalue weighted by atomic mass is 32.2. The highest BCUT2D eigenvalue weighted by Gasteiger charge is 2.15. The van der Waals surface area contributed by atoms with Crippen molar-refractivity contribution in [2.75, 3.05) is 5.32 Å². The fourth-order valence-corrected chi connectivity index (χ4v) is 3.52. The molecule has 0 aliphatic rings. The zero-order chi connectivity index (χ0) is 21.6. The molecule has 0 radical (unpaired) electrons. The molecule has 0 atom stereocenters. The van der Waals surface area contributed by atoms with E-state index in [-0.39, 0.29) is 10.5 Å². The summed E-state index contributed by atoms with van der Waals surface area (Å²) in [5.74, 6) is -1.38. The van der Waals surface area contributed by atoms with Gasteiger partial charge in [-0.25, -0.2) is 26.7 Å². The summed E-state index contributed by atoms with van der Waals surface area (Å²) < 4.78 is 53.8. The van der Waals surface area contributed by atoms with Crippen molar-refractivity contribution in [3.8, 4) is 0 Å². The average molecular weight is 432 g/mol. The SMILES string of the molecule is O=C(NCc1ccncc1)Nc1ccc(S(=O)(=O)NCc2cc(F)ccc2F)cc1. The molecule has 156 valence electrons. The van der Waals surface area contributed by atoms with E-state index >= 15 is 0 Å². The number of hydrogen-bond donors (Lipinski definition) is 3. The molecule has 0 aliphatic heterocycles. The number of hydrogen-bond acceptors (Lipinski definition) is 4. The minimum atomic E-state index is -3.95. The van der Waals surface area contributed by atoms with Gasteiger partial charge in [0.2, 0.25) is 10.0 Å². The molecule has 1 aromatic heterocycles. The van der Waals surface area contributed by atoms with Crippen LogP contribution in [0.15, 0.2) is 71.9 Å². The summed E-state index contributed by atoms with van der Waals surface area (Å²) in [5.41, 5.74) is 1.16. The zero-order valence-electron chi connectivity index (χ0n) is 15.6. The second kappa shape index (κ2) is 9.42. The molecule has 3 N–H and O–H groups in total. The largest absolute Gasteiger partial charge is 0.334 e. The first-order chi connectivity index (χ1) is 14.3. The summed E-state index contributed by atoms with van der Waals surface area (Å²) in [5, 5.41) is 5.26. The van der Waals surface area contributed by atoms with Crippen molar-refractivity contribution in [1.29, 1.82) is 0 Å². The second-order valence-electron chi connectivity index (χ2n) is 6.25. The molecule has 0 bridgehead atoms. The molecule has 30 heavy (non-hydrogen) atoms. The lowest BCUT2D eigenvalue weighted by Crippen LogP contribution is -2.28. The number of aromatic nitrogens is 1. The van der Waals surface area contributed by atoms with E-state index in [1.807, 2.05) is 0 Å². The van der Waals surface area contributed by atoms with Crippen LogP contribution in [-0.2, 0) is 23.1 Å². The van der Waals surface area contributed by atoms with Gasteiger partial charge < -0.3 is 10.6 Å². The highest BCUT2D eigenvalue weighted by Crippen LogP contribution is 2.16. The molecule has 0 saturated carbocycles. The summed E-state index contributed by atoms with van der Waals surface area (Å²) >= 11 is 0. The Morgan fingerprint density at radius 2 is 1.63 bits per heavy atom. The van der Waals surface area contributed by atoms with E-state index in [0.29, 0.717) is 12.2 Å². The van der Waals surface area contributed by atoms with Crippen molar-refractivity contribution < 1.29 is 22.0 Å². The monoisotopic (exact) mass is 432 g/mol. The number of urea groups is 1. The summed E-state index contributed by atoms with van der Waals surface area (Å²) in [6, 6.07) is 11.3. The van der Waals surface area contributed by atoms with Crippen LogP contribution < -0.4 is 15.4 Å².